The highest BCUT2D eigenvalue weighted by Gasteiger charge is 2.34. The molecule has 9 nitrogen and oxygen atoms in total. The number of pyridine rings is 1. The zero-order valence-corrected chi connectivity index (χ0v) is 18.7. The van der Waals surface area contributed by atoms with Crippen molar-refractivity contribution >= 4 is 5.91 Å². The SMILES string of the molecule is CCOc1ccccc1C(=O)N[C@@H]1CCN(C(c2ccncc2)c2cc3c(cc2O)ONO3)C1. The van der Waals surface area contributed by atoms with Crippen LogP contribution in [0.1, 0.15) is 40.9 Å². The summed E-state index contributed by atoms with van der Waals surface area (Å²) in [6, 6.07) is 14.1. The number of amides is 1. The van der Waals surface area contributed by atoms with Gasteiger partial charge in [-0.25, -0.2) is 0 Å². The van der Waals surface area contributed by atoms with E-state index in [-0.39, 0.29) is 23.7 Å². The number of aromatic hydroxyl groups is 1. The maximum atomic E-state index is 13.0. The predicted octanol–water partition coefficient (Wildman–Crippen LogP) is 2.97. The first-order valence-electron chi connectivity index (χ1n) is 11.3. The first-order chi connectivity index (χ1) is 16.6. The van der Waals surface area contributed by atoms with Gasteiger partial charge in [0.05, 0.1) is 18.2 Å². The lowest BCUT2D eigenvalue weighted by Crippen LogP contribution is -2.38. The van der Waals surface area contributed by atoms with Gasteiger partial charge in [-0.2, -0.15) is 0 Å². The van der Waals surface area contributed by atoms with Crippen LogP contribution in [0.15, 0.2) is 60.9 Å². The van der Waals surface area contributed by atoms with Crippen LogP contribution in [0.4, 0.5) is 0 Å². The average molecular weight is 463 g/mol. The van der Waals surface area contributed by atoms with Gasteiger partial charge in [0.1, 0.15) is 11.5 Å². The van der Waals surface area contributed by atoms with Crippen molar-refractivity contribution in [3.05, 3.63) is 77.6 Å². The molecule has 9 heteroatoms. The molecule has 3 heterocycles. The Balaban J connectivity index is 1.38. The van der Waals surface area contributed by atoms with Crippen LogP contribution in [0.5, 0.6) is 23.0 Å². The van der Waals surface area contributed by atoms with Crippen molar-refractivity contribution in [1.82, 2.24) is 20.8 Å². The fourth-order valence-corrected chi connectivity index (χ4v) is 4.53. The number of likely N-dealkylation sites (tertiary alicyclic amines) is 1. The monoisotopic (exact) mass is 462 g/mol. The lowest BCUT2D eigenvalue weighted by atomic mass is 9.96. The summed E-state index contributed by atoms with van der Waals surface area (Å²) in [5.41, 5.74) is 4.54. The molecule has 2 aromatic carbocycles. The number of carbonyl (C=O) groups is 1. The Labute approximate surface area is 197 Å². The molecule has 1 fully saturated rings. The minimum Gasteiger partial charge on any atom is -0.507 e. The Morgan fingerprint density at radius 1 is 1.24 bits per heavy atom. The van der Waals surface area contributed by atoms with E-state index in [2.05, 4.69) is 20.8 Å². The van der Waals surface area contributed by atoms with E-state index in [4.69, 9.17) is 14.4 Å². The number of nitrogens with one attached hydrogen (secondary N) is 2. The minimum absolute atomic E-state index is 0.0515. The molecule has 2 atom stereocenters. The van der Waals surface area contributed by atoms with Gasteiger partial charge in [-0.3, -0.25) is 14.7 Å². The van der Waals surface area contributed by atoms with E-state index < -0.39 is 0 Å². The van der Waals surface area contributed by atoms with Gasteiger partial charge in [0.15, 0.2) is 11.5 Å². The molecule has 34 heavy (non-hydrogen) atoms. The Bertz CT molecular complexity index is 1170. The molecule has 1 unspecified atom stereocenters. The first kappa shape index (κ1) is 22.0. The third-order valence-electron chi connectivity index (χ3n) is 6.06. The Kier molecular flexibility index (Phi) is 6.20. The van der Waals surface area contributed by atoms with Crippen molar-refractivity contribution < 1.29 is 24.3 Å². The second kappa shape index (κ2) is 9.58. The third kappa shape index (κ3) is 4.35. The summed E-state index contributed by atoms with van der Waals surface area (Å²) in [7, 11) is 0. The summed E-state index contributed by atoms with van der Waals surface area (Å²) in [5, 5.41) is 14.0. The maximum Gasteiger partial charge on any atom is 0.255 e. The van der Waals surface area contributed by atoms with Gasteiger partial charge in [0.25, 0.3) is 5.91 Å². The van der Waals surface area contributed by atoms with Crippen LogP contribution in [0.3, 0.4) is 0 Å². The zero-order valence-electron chi connectivity index (χ0n) is 18.7. The number of rotatable bonds is 7. The molecule has 0 bridgehead atoms. The molecule has 2 aliphatic heterocycles. The van der Waals surface area contributed by atoms with Gasteiger partial charge < -0.3 is 24.8 Å². The number of ether oxygens (including phenoxy) is 1. The average Bonchev–Trinajstić information content (AvgIpc) is 3.50. The van der Waals surface area contributed by atoms with Crippen LogP contribution in [-0.2, 0) is 0 Å². The molecule has 1 aromatic heterocycles. The highest BCUT2D eigenvalue weighted by molar-refractivity contribution is 5.97. The van der Waals surface area contributed by atoms with Crippen molar-refractivity contribution in [3.63, 3.8) is 0 Å². The zero-order chi connectivity index (χ0) is 23.5. The maximum absolute atomic E-state index is 13.0. The van der Waals surface area contributed by atoms with Gasteiger partial charge >= 0.3 is 0 Å². The summed E-state index contributed by atoms with van der Waals surface area (Å²) >= 11 is 0. The van der Waals surface area contributed by atoms with E-state index >= 15 is 0 Å². The van der Waals surface area contributed by atoms with Gasteiger partial charge in [-0.1, -0.05) is 12.1 Å². The Hall–Kier alpha value is -3.82. The van der Waals surface area contributed by atoms with Crippen LogP contribution in [0.25, 0.3) is 0 Å². The van der Waals surface area contributed by atoms with Crippen LogP contribution in [0.2, 0.25) is 0 Å². The molecule has 0 aliphatic carbocycles. The number of para-hydroxylation sites is 1. The van der Waals surface area contributed by atoms with Gasteiger partial charge in [0, 0.05) is 48.8 Å². The number of phenolic OH excluding ortho intramolecular Hbond substituents is 1. The number of aromatic nitrogens is 1. The highest BCUT2D eigenvalue weighted by Crippen LogP contribution is 2.43. The van der Waals surface area contributed by atoms with Crippen LogP contribution < -0.4 is 25.4 Å². The van der Waals surface area contributed by atoms with E-state index in [1.807, 2.05) is 31.2 Å². The normalized spacial score (nSPS) is 18.0. The fourth-order valence-electron chi connectivity index (χ4n) is 4.53. The van der Waals surface area contributed by atoms with Crippen molar-refractivity contribution in [2.45, 2.75) is 25.4 Å². The Morgan fingerprint density at radius 2 is 2.00 bits per heavy atom. The lowest BCUT2D eigenvalue weighted by Gasteiger charge is -2.29. The van der Waals surface area contributed by atoms with Crippen molar-refractivity contribution in [1.29, 1.82) is 0 Å². The van der Waals surface area contributed by atoms with E-state index in [0.29, 0.717) is 41.5 Å². The molecule has 5 rings (SSSR count). The largest absolute Gasteiger partial charge is 0.507 e. The summed E-state index contributed by atoms with van der Waals surface area (Å²) in [6.07, 6.45) is 4.23. The molecular formula is C25H26N4O5. The summed E-state index contributed by atoms with van der Waals surface area (Å²) in [6.45, 7) is 3.73. The quantitative estimate of drug-likeness (QED) is 0.492. The smallest absolute Gasteiger partial charge is 0.255 e. The third-order valence-corrected chi connectivity index (χ3v) is 6.06. The first-order valence-corrected chi connectivity index (χ1v) is 11.3. The number of nitrogens with zero attached hydrogens (tertiary/aromatic N) is 2. The Morgan fingerprint density at radius 3 is 2.79 bits per heavy atom. The number of hydrogen-bond donors (Lipinski definition) is 3. The molecule has 1 amide bonds. The highest BCUT2D eigenvalue weighted by atomic mass is 16.9. The van der Waals surface area contributed by atoms with Gasteiger partial charge in [-0.05, 0) is 49.2 Å². The molecule has 2 aliphatic rings. The van der Waals surface area contributed by atoms with Crippen molar-refractivity contribution in [3.8, 4) is 23.0 Å². The standard InChI is InChI=1S/C25H26N4O5/c1-2-32-21-6-4-3-5-18(21)25(31)27-17-9-12-29(15-17)24(16-7-10-26-11-8-16)19-13-22-23(14-20(19)30)34-28-33-22/h3-8,10-11,13-14,17,24,28,30H,2,9,12,15H2,1H3,(H,27,31)/t17-,24?/m1/s1. The second-order valence-electron chi connectivity index (χ2n) is 8.21. The summed E-state index contributed by atoms with van der Waals surface area (Å²) < 4.78 is 5.62. The minimum atomic E-state index is -0.255. The van der Waals surface area contributed by atoms with Crippen molar-refractivity contribution in [2.75, 3.05) is 19.7 Å². The topological polar surface area (TPSA) is 105 Å². The van der Waals surface area contributed by atoms with E-state index in [0.717, 1.165) is 18.5 Å². The van der Waals surface area contributed by atoms with Gasteiger partial charge in [-0.15, -0.1) is 0 Å². The number of carbonyl (C=O) groups excluding carboxylic acids is 1. The number of hydrogen-bond acceptors (Lipinski definition) is 8. The molecule has 1 saturated heterocycles. The molecule has 0 spiro atoms. The van der Waals surface area contributed by atoms with Gasteiger partial charge in [0.2, 0.25) is 0 Å². The van der Waals surface area contributed by atoms with E-state index in [9.17, 15) is 9.90 Å². The van der Waals surface area contributed by atoms with Crippen LogP contribution in [-0.4, -0.2) is 46.6 Å². The fraction of sp³-hybridized carbons (Fsp3) is 0.280. The number of phenols is 1. The molecule has 3 aromatic rings. The molecular weight excluding hydrogens is 436 g/mol. The predicted molar refractivity (Wildman–Crippen MR) is 124 cm³/mol. The van der Waals surface area contributed by atoms with Crippen molar-refractivity contribution in [2.24, 2.45) is 0 Å². The van der Waals surface area contributed by atoms with E-state index in [1.165, 1.54) is 0 Å². The number of fused-ring (bicyclic) bond motifs is 1. The van der Waals surface area contributed by atoms with E-state index in [1.54, 1.807) is 36.7 Å². The summed E-state index contributed by atoms with van der Waals surface area (Å²) in [5.74, 6) is 1.45. The molecule has 0 radical (unpaired) electrons. The second-order valence-corrected chi connectivity index (χ2v) is 8.21. The lowest BCUT2D eigenvalue weighted by molar-refractivity contribution is 0.0259. The summed E-state index contributed by atoms with van der Waals surface area (Å²) in [4.78, 5) is 29.8. The van der Waals surface area contributed by atoms with Crippen LogP contribution >= 0.6 is 0 Å². The molecule has 3 N–H and O–H groups in total. The number of benzene rings is 2. The molecule has 176 valence electrons. The van der Waals surface area contributed by atoms with Crippen LogP contribution in [0, 0.1) is 0 Å². The molecule has 0 saturated carbocycles.